The zero-order valence-corrected chi connectivity index (χ0v) is 56.8. The molecule has 1 aromatic heterocycles. The van der Waals surface area contributed by atoms with E-state index in [0.29, 0.717) is 56.4 Å². The zero-order chi connectivity index (χ0) is 68.7. The molecule has 15 atom stereocenters. The van der Waals surface area contributed by atoms with E-state index >= 15 is 0 Å². The summed E-state index contributed by atoms with van der Waals surface area (Å²) in [6, 6.07) is 2.67. The van der Waals surface area contributed by atoms with E-state index in [2.05, 4.69) is 21.2 Å². The van der Waals surface area contributed by atoms with Crippen LogP contribution in [-0.2, 0) is 68.7 Å². The Morgan fingerprint density at radius 2 is 1.39 bits per heavy atom. The molecule has 0 aliphatic carbocycles. The number of carbonyl (C=O) groups excluding carboxylic acids is 7. The van der Waals surface area contributed by atoms with E-state index in [9.17, 15) is 53.2 Å². The maximum absolute atomic E-state index is 14.4. The standard InChI is InChI=1S/C62H90N13O14P.Co.HNO.H2O/c1-29-20-39-40(21-30(29)2)75(28-70-39)57-52(84)53(41(27-76)87-57)89-90(85,86)88-31(3)26-69-49(83)18-19-59(8)37(22-46(66)80)56-62(11)61(10,25-48(68)82)36(14-17-45(65)79)51(74-62)33(5)55-60(9,24-47(67)81)34(12-15-43(63)77)38(71-55)23-42-58(6,7)35(13-16-44(64)78)50(72-42)32(4)54(59)73-56;;1-2;/h20-21,23,28,31,34-37,41,52-53,56-57,71,76,84H,12-19,22,24-27H2,1-11H3,(H2,63,77)(H2,64,78)(H2,65,79)(H2,66,80)(H2,67,81)(H2,68,82)(H,69,83)(H,85,86);;1H;1H2/q;+2;;/p-2/b38-23-,50-32-,55-33-;;;/t31-,34+,35+,36+,37-,41+,52+,53+,56+,57-,59+,60-,61-,62-;;;/m0.../s1. The number of carbonyl (C=O) groups is 7. The molecule has 94 heavy (non-hydrogen) atoms. The number of hydrogen-bond donors (Lipinski definition) is 11. The van der Waals surface area contributed by atoms with Gasteiger partial charge in [0.15, 0.2) is 6.23 Å². The van der Waals surface area contributed by atoms with Gasteiger partial charge in [-0.2, -0.15) is 4.91 Å². The summed E-state index contributed by atoms with van der Waals surface area (Å²) in [4.78, 5) is 136. The van der Waals surface area contributed by atoms with E-state index in [-0.39, 0.29) is 99.4 Å². The van der Waals surface area contributed by atoms with Crippen LogP contribution in [0.25, 0.3) is 11.0 Å². The Morgan fingerprint density at radius 3 is 1.96 bits per heavy atom. The first-order chi connectivity index (χ1) is 42.8. The maximum atomic E-state index is 14.4. The molecule has 1 unspecified atom stereocenters. The van der Waals surface area contributed by atoms with Crippen LogP contribution < -0.4 is 49.9 Å². The number of aromatic nitrogens is 2. The second-order valence-corrected chi connectivity index (χ2v) is 28.4. The van der Waals surface area contributed by atoms with Gasteiger partial charge >= 0.3 is 16.8 Å². The summed E-state index contributed by atoms with van der Waals surface area (Å²) in [5.74, 6) is -7.24. The van der Waals surface area contributed by atoms with Crippen molar-refractivity contribution >= 4 is 77.3 Å². The number of benzene rings is 1. The van der Waals surface area contributed by atoms with Crippen molar-refractivity contribution < 1.29 is 89.3 Å². The van der Waals surface area contributed by atoms with Crippen LogP contribution in [0.5, 0.6) is 0 Å². The molecule has 1 aromatic carbocycles. The number of nitrogens with zero attached hydrogens (tertiary/aromatic N) is 5. The Kier molecular flexibility index (Phi) is 24.5. The van der Waals surface area contributed by atoms with Gasteiger partial charge in [-0.15, -0.1) is 0 Å². The molecule has 18 N–H and O–H groups in total. The van der Waals surface area contributed by atoms with Gasteiger partial charge in [0.05, 0.1) is 41.7 Å². The molecule has 1 radical (unpaired) electrons. The average Bonchev–Trinajstić information content (AvgIpc) is 1.53. The zero-order valence-electron chi connectivity index (χ0n) is 54.9. The summed E-state index contributed by atoms with van der Waals surface area (Å²) in [7, 11) is -5.32. The first-order valence-corrected chi connectivity index (χ1v) is 32.2. The van der Waals surface area contributed by atoms with E-state index in [1.165, 1.54) is 17.8 Å². The molecule has 7 amide bonds. The maximum Gasteiger partial charge on any atom is 2.00 e. The first-order valence-electron chi connectivity index (χ1n) is 30.8. The molecule has 32 heteroatoms. The number of aliphatic hydroxyl groups excluding tert-OH is 2. The number of primary amides is 6. The smallest absolute Gasteiger partial charge is 0.870 e. The summed E-state index contributed by atoms with van der Waals surface area (Å²) < 4.78 is 31.9. The minimum atomic E-state index is -5.32. The fourth-order valence-electron chi connectivity index (χ4n) is 15.4. The molecule has 6 aliphatic heterocycles. The number of phosphoric ester groups is 1. The molecule has 2 fully saturated rings. The van der Waals surface area contributed by atoms with Crippen LogP contribution in [0.2, 0.25) is 0 Å². The number of fused-ring (bicyclic) bond motifs is 7. The number of rotatable bonds is 26. The van der Waals surface area contributed by atoms with Crippen LogP contribution >= 0.6 is 7.82 Å². The molecule has 6 aliphatic rings. The third-order valence-electron chi connectivity index (χ3n) is 20.6. The van der Waals surface area contributed by atoms with Crippen molar-refractivity contribution in [2.75, 3.05) is 13.2 Å². The van der Waals surface area contributed by atoms with E-state index in [1.54, 1.807) is 0 Å². The minimum Gasteiger partial charge on any atom is -0.870 e. The van der Waals surface area contributed by atoms with Gasteiger partial charge in [-0.25, -0.2) is 4.98 Å². The van der Waals surface area contributed by atoms with Crippen molar-refractivity contribution in [2.45, 2.75) is 189 Å². The Labute approximate surface area is 555 Å². The van der Waals surface area contributed by atoms with Gasteiger partial charge in [-0.3, -0.25) is 53.1 Å². The van der Waals surface area contributed by atoms with Crippen LogP contribution in [0.1, 0.15) is 150 Å². The second-order valence-electron chi connectivity index (χ2n) is 27.1. The minimum absolute atomic E-state index is 0. The summed E-state index contributed by atoms with van der Waals surface area (Å²) in [6.07, 6.45) is -4.57. The molecule has 8 bridgehead atoms. The number of aryl methyl sites for hydroxylation is 2. The Morgan fingerprint density at radius 1 is 0.819 bits per heavy atom. The molecule has 519 valence electrons. The van der Waals surface area contributed by atoms with Gasteiger partial charge in [-0.1, -0.05) is 40.2 Å². The molecule has 7 heterocycles. The number of phosphoric acid groups is 1. The van der Waals surface area contributed by atoms with Crippen molar-refractivity contribution in [1.82, 2.24) is 20.2 Å². The molecule has 0 spiro atoms. The predicted molar refractivity (Wildman–Crippen MR) is 339 cm³/mol. The van der Waals surface area contributed by atoms with Crippen molar-refractivity contribution in [2.24, 2.45) is 94.7 Å². The quantitative estimate of drug-likeness (QED) is 0.0476. The molecular weight excluding hydrogens is 1290 g/mol. The number of nitroso groups, excluding NO2 is 1. The largest absolute Gasteiger partial charge is 2.00 e. The number of aliphatic hydroxyl groups is 2. The molecule has 2 aromatic rings. The third kappa shape index (κ3) is 15.0. The molecule has 30 nitrogen and oxygen atoms in total. The fourth-order valence-corrected chi connectivity index (χ4v) is 16.6. The number of nitrogens with two attached hydrogens (primary N) is 6. The van der Waals surface area contributed by atoms with Gasteiger partial charge in [0.25, 0.3) is 7.82 Å². The average molecular weight is 1380 g/mol. The first kappa shape index (κ1) is 77.8. The molecule has 2 saturated heterocycles. The number of allylic oxidation sites excluding steroid dienone is 6. The normalized spacial score (nSPS) is 32.8. The number of imidazole rings is 1. The van der Waals surface area contributed by atoms with Crippen LogP contribution in [0.4, 0.5) is 0 Å². The number of ether oxygens (including phenoxy) is 1. The molecular formula is C62H91CoN14O16P. The van der Waals surface area contributed by atoms with Crippen molar-refractivity contribution in [1.29, 1.82) is 5.59 Å². The van der Waals surface area contributed by atoms with Crippen LogP contribution in [-0.4, -0.2) is 133 Å². The fraction of sp³-hybridized carbons (Fsp3) is 0.629. The Bertz CT molecular complexity index is 3570. The van der Waals surface area contributed by atoms with Crippen molar-refractivity contribution in [3.8, 4) is 0 Å². The molecule has 8 rings (SSSR count). The van der Waals surface area contributed by atoms with E-state index in [0.717, 1.165) is 11.1 Å². The monoisotopic (exact) mass is 1380 g/mol. The SMILES string of the molecule is C/C1=C2N=C(/C=C3\N/C(=C(/C)C4=N[C@@](C)([C@@H]5N=C1[C@](C)(CCC(=O)NC[C@H](C)OP(=O)([O-])O[C@H]1[C@@H](O)[C@@H](n6cnc7cc(C)c(C)cc76)O[C@@H]1CO)[C@H]5CC(N)=O)[C@@](C)(CC(N)=O)[C@@H]4CCC(N)=O)[C@@](C)(CC(N)=O)[C@@H]3CCC(N)=O)C(C)(C)[C@@H]/2CCC(N)=O.N=O.[Co+2].[OH-]. The third-order valence-corrected chi connectivity index (χ3v) is 21.7. The van der Waals surface area contributed by atoms with Crippen molar-refractivity contribution in [3.05, 3.63) is 68.8 Å². The summed E-state index contributed by atoms with van der Waals surface area (Å²) in [5, 5.41) is 28.1. The van der Waals surface area contributed by atoms with Gasteiger partial charge in [0.1, 0.15) is 18.3 Å². The Hall–Kier alpha value is -6.93. The summed E-state index contributed by atoms with van der Waals surface area (Å²) in [5.41, 5.74) is 41.7. The van der Waals surface area contributed by atoms with Crippen LogP contribution in [0.3, 0.4) is 0 Å². The van der Waals surface area contributed by atoms with E-state index in [1.807, 2.05) is 87.4 Å². The number of amides is 7. The van der Waals surface area contributed by atoms with Crippen LogP contribution in [0.15, 0.2) is 67.8 Å². The van der Waals surface area contributed by atoms with Gasteiger partial charge in [0.2, 0.25) is 41.4 Å². The number of hydrogen-bond acceptors (Lipinski definition) is 22. The second kappa shape index (κ2) is 29.6. The summed E-state index contributed by atoms with van der Waals surface area (Å²) >= 11 is 0. The number of aliphatic imine (C=N–C) groups is 3. The molecule has 0 saturated carbocycles. The van der Waals surface area contributed by atoms with Gasteiger partial charge < -0.3 is 84.0 Å². The van der Waals surface area contributed by atoms with E-state index < -0.39 is 143 Å². The topological polar surface area (TPSA) is 534 Å². The van der Waals surface area contributed by atoms with Gasteiger partial charge in [0, 0.05) is 131 Å². The number of nitrogens with one attached hydrogen (secondary N) is 3. The van der Waals surface area contributed by atoms with Crippen molar-refractivity contribution in [3.63, 3.8) is 0 Å². The Balaban J connectivity index is 0.00000396. The predicted octanol–water partition coefficient (Wildman–Crippen LogP) is 2.68. The van der Waals surface area contributed by atoms with Gasteiger partial charge in [-0.05, 0) is 108 Å². The summed E-state index contributed by atoms with van der Waals surface area (Å²) in [6.45, 7) is 19.1. The van der Waals surface area contributed by atoms with Crippen LogP contribution in [0, 0.1) is 69.7 Å². The van der Waals surface area contributed by atoms with E-state index in [4.69, 9.17) is 68.1 Å².